The first kappa shape index (κ1) is 10.1. The van der Waals surface area contributed by atoms with E-state index in [0.717, 1.165) is 10.8 Å². The zero-order valence-corrected chi connectivity index (χ0v) is 8.46. The highest BCUT2D eigenvalue weighted by Crippen LogP contribution is 2.37. The van der Waals surface area contributed by atoms with Crippen LogP contribution in [0.4, 0.5) is 0 Å². The second kappa shape index (κ2) is 3.62. The van der Waals surface area contributed by atoms with Crippen molar-refractivity contribution in [1.29, 1.82) is 0 Å². The smallest absolute Gasteiger partial charge is 0.386 e. The maximum Gasteiger partial charge on any atom is 0.526 e. The molecule has 2 aromatic rings. The Morgan fingerprint density at radius 3 is 2.53 bits per heavy atom. The quantitative estimate of drug-likeness (QED) is 0.760. The van der Waals surface area contributed by atoms with Gasteiger partial charge in [-0.1, -0.05) is 24.3 Å². The molecule has 0 radical (unpaired) electrons. The molecule has 0 amide bonds. The monoisotopic (exact) mass is 225 g/mol. The Morgan fingerprint density at radius 2 is 1.87 bits per heavy atom. The van der Waals surface area contributed by atoms with Crippen LogP contribution in [0.1, 0.15) is 0 Å². The molecule has 5 nitrogen and oxygen atoms in total. The summed E-state index contributed by atoms with van der Waals surface area (Å²) in [6.45, 7) is 0. The van der Waals surface area contributed by atoms with Crippen LogP contribution >= 0.6 is 7.82 Å². The van der Waals surface area contributed by atoms with Crippen molar-refractivity contribution >= 4 is 18.6 Å². The maximum absolute atomic E-state index is 10.6. The SMILES string of the molecule is O=P(O)(O)Oc1cc2ccccc2cn1. The number of hydrogen-bond donors (Lipinski definition) is 2. The first-order valence-electron chi connectivity index (χ1n) is 4.14. The highest BCUT2D eigenvalue weighted by Gasteiger charge is 2.16. The van der Waals surface area contributed by atoms with Crippen molar-refractivity contribution in [1.82, 2.24) is 4.98 Å². The number of hydrogen-bond acceptors (Lipinski definition) is 3. The Hall–Kier alpha value is -1.42. The molecule has 0 unspecified atom stereocenters. The molecule has 0 bridgehead atoms. The Kier molecular flexibility index (Phi) is 2.44. The van der Waals surface area contributed by atoms with Crippen molar-refractivity contribution in [3.8, 4) is 5.88 Å². The number of phosphoric ester groups is 1. The fraction of sp³-hybridized carbons (Fsp3) is 0. The number of benzene rings is 1. The van der Waals surface area contributed by atoms with E-state index in [0.29, 0.717) is 0 Å². The largest absolute Gasteiger partial charge is 0.526 e. The van der Waals surface area contributed by atoms with Crippen LogP contribution in [0, 0.1) is 0 Å². The maximum atomic E-state index is 10.6. The molecule has 0 atom stereocenters. The van der Waals surface area contributed by atoms with E-state index in [1.54, 1.807) is 0 Å². The van der Waals surface area contributed by atoms with Crippen LogP contribution in [0.25, 0.3) is 10.8 Å². The second-order valence-electron chi connectivity index (χ2n) is 2.95. The predicted molar refractivity (Wildman–Crippen MR) is 54.4 cm³/mol. The predicted octanol–water partition coefficient (Wildman–Crippen LogP) is 1.71. The molecule has 15 heavy (non-hydrogen) atoms. The van der Waals surface area contributed by atoms with E-state index in [-0.39, 0.29) is 5.88 Å². The van der Waals surface area contributed by atoms with Crippen molar-refractivity contribution in [2.45, 2.75) is 0 Å². The minimum Gasteiger partial charge on any atom is -0.386 e. The number of nitrogens with zero attached hydrogens (tertiary/aromatic N) is 1. The third-order valence-electron chi connectivity index (χ3n) is 1.82. The molecule has 1 aromatic heterocycles. The topological polar surface area (TPSA) is 79.7 Å². The highest BCUT2D eigenvalue weighted by molar-refractivity contribution is 7.46. The Labute approximate surface area is 85.6 Å². The lowest BCUT2D eigenvalue weighted by Crippen LogP contribution is -1.92. The minimum atomic E-state index is -4.53. The number of rotatable bonds is 2. The van der Waals surface area contributed by atoms with Crippen molar-refractivity contribution in [3.63, 3.8) is 0 Å². The number of fused-ring (bicyclic) bond motifs is 1. The normalized spacial score (nSPS) is 11.6. The van der Waals surface area contributed by atoms with E-state index in [2.05, 4.69) is 9.51 Å². The molecule has 0 aliphatic carbocycles. The van der Waals surface area contributed by atoms with Gasteiger partial charge in [-0.2, -0.15) is 0 Å². The van der Waals surface area contributed by atoms with Gasteiger partial charge in [0.2, 0.25) is 5.88 Å². The van der Waals surface area contributed by atoms with Crippen molar-refractivity contribution in [2.75, 3.05) is 0 Å². The molecule has 2 N–H and O–H groups in total. The average Bonchev–Trinajstić information content (AvgIpc) is 2.15. The lowest BCUT2D eigenvalue weighted by Gasteiger charge is -2.05. The summed E-state index contributed by atoms with van der Waals surface area (Å²) in [5.74, 6) is -0.0815. The molecule has 0 aliphatic rings. The molecular formula is C9H8NO4P. The summed E-state index contributed by atoms with van der Waals surface area (Å²) in [6.07, 6.45) is 1.50. The second-order valence-corrected chi connectivity index (χ2v) is 4.12. The zero-order valence-electron chi connectivity index (χ0n) is 7.57. The third-order valence-corrected chi connectivity index (χ3v) is 2.24. The van der Waals surface area contributed by atoms with Gasteiger partial charge in [-0.3, -0.25) is 9.79 Å². The standard InChI is InChI=1S/C9H8NO4P/c11-15(12,13)14-9-5-7-3-1-2-4-8(7)6-10-9/h1-6H,(H2,11,12,13). The molecule has 2 rings (SSSR count). The van der Waals surface area contributed by atoms with Crippen molar-refractivity contribution < 1.29 is 18.9 Å². The van der Waals surface area contributed by atoms with Crippen LogP contribution in [0.15, 0.2) is 36.5 Å². The van der Waals surface area contributed by atoms with Crippen LogP contribution in [0.5, 0.6) is 5.88 Å². The van der Waals surface area contributed by atoms with Crippen LogP contribution in [-0.2, 0) is 4.57 Å². The van der Waals surface area contributed by atoms with Crippen LogP contribution in [0.3, 0.4) is 0 Å². The highest BCUT2D eigenvalue weighted by atomic mass is 31.2. The number of pyridine rings is 1. The van der Waals surface area contributed by atoms with E-state index in [1.807, 2.05) is 24.3 Å². The van der Waals surface area contributed by atoms with E-state index < -0.39 is 7.82 Å². The Balaban J connectivity index is 2.43. The number of aromatic nitrogens is 1. The van der Waals surface area contributed by atoms with Gasteiger partial charge in [-0.25, -0.2) is 9.55 Å². The van der Waals surface area contributed by atoms with Gasteiger partial charge in [0.25, 0.3) is 0 Å². The molecule has 78 valence electrons. The van der Waals surface area contributed by atoms with Gasteiger partial charge in [-0.05, 0) is 5.39 Å². The first-order chi connectivity index (χ1) is 7.04. The summed E-state index contributed by atoms with van der Waals surface area (Å²) in [7, 11) is -4.53. The summed E-state index contributed by atoms with van der Waals surface area (Å²) >= 11 is 0. The first-order valence-corrected chi connectivity index (χ1v) is 5.67. The molecule has 0 aliphatic heterocycles. The zero-order chi connectivity index (χ0) is 10.9. The van der Waals surface area contributed by atoms with Crippen molar-refractivity contribution in [3.05, 3.63) is 36.5 Å². The Morgan fingerprint density at radius 1 is 1.20 bits per heavy atom. The summed E-state index contributed by atoms with van der Waals surface area (Å²) in [5, 5.41) is 1.70. The average molecular weight is 225 g/mol. The summed E-state index contributed by atoms with van der Waals surface area (Å²) < 4.78 is 14.9. The Bertz CT molecular complexity index is 536. The van der Waals surface area contributed by atoms with E-state index in [1.165, 1.54) is 12.3 Å². The van der Waals surface area contributed by atoms with Gasteiger partial charge >= 0.3 is 7.82 Å². The fourth-order valence-electron chi connectivity index (χ4n) is 1.24. The van der Waals surface area contributed by atoms with Crippen LogP contribution in [0.2, 0.25) is 0 Å². The van der Waals surface area contributed by atoms with Crippen LogP contribution in [-0.4, -0.2) is 14.8 Å². The van der Waals surface area contributed by atoms with Gasteiger partial charge in [0, 0.05) is 17.6 Å². The molecule has 0 saturated carbocycles. The molecular weight excluding hydrogens is 217 g/mol. The molecule has 6 heteroatoms. The van der Waals surface area contributed by atoms with Gasteiger partial charge in [0.15, 0.2) is 0 Å². The van der Waals surface area contributed by atoms with Gasteiger partial charge in [-0.15, -0.1) is 0 Å². The molecule has 0 saturated heterocycles. The van der Waals surface area contributed by atoms with Gasteiger partial charge in [0.05, 0.1) is 0 Å². The summed E-state index contributed by atoms with van der Waals surface area (Å²) in [4.78, 5) is 21.0. The molecule has 0 fully saturated rings. The minimum absolute atomic E-state index is 0.0815. The molecule has 1 aromatic carbocycles. The van der Waals surface area contributed by atoms with E-state index >= 15 is 0 Å². The fourth-order valence-corrected chi connectivity index (χ4v) is 1.58. The van der Waals surface area contributed by atoms with Crippen molar-refractivity contribution in [2.24, 2.45) is 0 Å². The van der Waals surface area contributed by atoms with Crippen LogP contribution < -0.4 is 4.52 Å². The van der Waals surface area contributed by atoms with Gasteiger partial charge in [0.1, 0.15) is 0 Å². The molecule has 1 heterocycles. The lowest BCUT2D eigenvalue weighted by molar-refractivity contribution is 0.279. The molecule has 0 spiro atoms. The summed E-state index contributed by atoms with van der Waals surface area (Å²) in [6, 6.07) is 8.82. The lowest BCUT2D eigenvalue weighted by atomic mass is 10.2. The van der Waals surface area contributed by atoms with E-state index in [4.69, 9.17) is 9.79 Å². The third kappa shape index (κ3) is 2.53. The summed E-state index contributed by atoms with van der Waals surface area (Å²) in [5.41, 5.74) is 0. The van der Waals surface area contributed by atoms with Gasteiger partial charge < -0.3 is 4.52 Å². The number of phosphoric acid groups is 1. The van der Waals surface area contributed by atoms with E-state index in [9.17, 15) is 4.57 Å².